The van der Waals surface area contributed by atoms with Gasteiger partial charge in [0.25, 0.3) is 5.91 Å². The number of rotatable bonds is 4. The minimum atomic E-state index is -0.226. The SMILES string of the molecule is CCNc1nnc(C(=O)N(C)c2ccc(C#N)cc2)s1. The summed E-state index contributed by atoms with van der Waals surface area (Å²) >= 11 is 1.22. The maximum atomic E-state index is 12.3. The molecule has 1 amide bonds. The number of nitriles is 1. The predicted molar refractivity (Wildman–Crippen MR) is 78.0 cm³/mol. The first-order valence-electron chi connectivity index (χ1n) is 6.01. The second-order valence-corrected chi connectivity index (χ2v) is 4.94. The van der Waals surface area contributed by atoms with Gasteiger partial charge in [-0.15, -0.1) is 10.2 Å². The smallest absolute Gasteiger partial charge is 0.289 e. The van der Waals surface area contributed by atoms with Crippen LogP contribution in [0.3, 0.4) is 0 Å². The van der Waals surface area contributed by atoms with E-state index in [1.54, 1.807) is 31.3 Å². The van der Waals surface area contributed by atoms with Gasteiger partial charge in [0, 0.05) is 19.3 Å². The number of benzene rings is 1. The van der Waals surface area contributed by atoms with Gasteiger partial charge in [-0.1, -0.05) is 11.3 Å². The van der Waals surface area contributed by atoms with Crippen molar-refractivity contribution in [3.05, 3.63) is 34.8 Å². The van der Waals surface area contributed by atoms with E-state index >= 15 is 0 Å². The highest BCUT2D eigenvalue weighted by molar-refractivity contribution is 7.17. The van der Waals surface area contributed by atoms with Crippen LogP contribution in [0.25, 0.3) is 0 Å². The lowest BCUT2D eigenvalue weighted by atomic mass is 10.2. The van der Waals surface area contributed by atoms with E-state index in [4.69, 9.17) is 5.26 Å². The van der Waals surface area contributed by atoms with E-state index in [0.717, 1.165) is 6.54 Å². The number of amides is 1. The van der Waals surface area contributed by atoms with Crippen LogP contribution in [0.5, 0.6) is 0 Å². The quantitative estimate of drug-likeness (QED) is 0.931. The molecule has 0 saturated carbocycles. The first kappa shape index (κ1) is 14.0. The normalized spacial score (nSPS) is 9.85. The van der Waals surface area contributed by atoms with Crippen LogP contribution in [0, 0.1) is 11.3 Å². The Morgan fingerprint density at radius 3 is 2.70 bits per heavy atom. The molecule has 1 aromatic heterocycles. The number of aromatic nitrogens is 2. The van der Waals surface area contributed by atoms with Gasteiger partial charge in [-0.2, -0.15) is 5.26 Å². The molecular weight excluding hydrogens is 274 g/mol. The van der Waals surface area contributed by atoms with Crippen LogP contribution in [0.2, 0.25) is 0 Å². The first-order chi connectivity index (χ1) is 9.65. The first-order valence-corrected chi connectivity index (χ1v) is 6.83. The van der Waals surface area contributed by atoms with Gasteiger partial charge >= 0.3 is 0 Å². The van der Waals surface area contributed by atoms with Crippen molar-refractivity contribution in [2.45, 2.75) is 6.92 Å². The summed E-state index contributed by atoms with van der Waals surface area (Å²) in [5.74, 6) is -0.226. The summed E-state index contributed by atoms with van der Waals surface area (Å²) in [5.41, 5.74) is 1.26. The molecule has 7 heteroatoms. The van der Waals surface area contributed by atoms with E-state index in [9.17, 15) is 4.79 Å². The Labute approximate surface area is 120 Å². The standard InChI is InChI=1S/C13H13N5OS/c1-3-15-13-17-16-11(20-13)12(19)18(2)10-6-4-9(8-14)5-7-10/h4-7H,3H2,1-2H3,(H,15,17). The third-order valence-electron chi connectivity index (χ3n) is 2.62. The predicted octanol–water partition coefficient (Wildman–Crippen LogP) is 2.12. The Morgan fingerprint density at radius 2 is 2.10 bits per heavy atom. The summed E-state index contributed by atoms with van der Waals surface area (Å²) < 4.78 is 0. The second-order valence-electron chi connectivity index (χ2n) is 3.97. The monoisotopic (exact) mass is 287 g/mol. The summed E-state index contributed by atoms with van der Waals surface area (Å²) in [6, 6.07) is 8.83. The summed E-state index contributed by atoms with van der Waals surface area (Å²) in [7, 11) is 1.66. The van der Waals surface area contributed by atoms with Crippen molar-refractivity contribution in [3.8, 4) is 6.07 Å². The average Bonchev–Trinajstić information content (AvgIpc) is 2.95. The fraction of sp³-hybridized carbons (Fsp3) is 0.231. The molecule has 0 radical (unpaired) electrons. The van der Waals surface area contributed by atoms with Crippen molar-refractivity contribution in [2.75, 3.05) is 23.8 Å². The van der Waals surface area contributed by atoms with E-state index < -0.39 is 0 Å². The van der Waals surface area contributed by atoms with Crippen LogP contribution < -0.4 is 10.2 Å². The molecule has 0 unspecified atom stereocenters. The number of hydrogen-bond acceptors (Lipinski definition) is 6. The van der Waals surface area contributed by atoms with Gasteiger partial charge in [0.05, 0.1) is 11.6 Å². The Kier molecular flexibility index (Phi) is 4.27. The minimum absolute atomic E-state index is 0.226. The molecule has 0 aliphatic carbocycles. The zero-order valence-electron chi connectivity index (χ0n) is 11.1. The molecule has 0 spiro atoms. The van der Waals surface area contributed by atoms with Gasteiger partial charge in [0.1, 0.15) is 0 Å². The lowest BCUT2D eigenvalue weighted by Crippen LogP contribution is -2.26. The lowest BCUT2D eigenvalue weighted by molar-refractivity contribution is 0.0992. The summed E-state index contributed by atoms with van der Waals surface area (Å²) in [5, 5.41) is 20.5. The third kappa shape index (κ3) is 2.92. The average molecular weight is 287 g/mol. The number of nitrogens with zero attached hydrogens (tertiary/aromatic N) is 4. The van der Waals surface area contributed by atoms with Crippen LogP contribution in [-0.4, -0.2) is 29.7 Å². The van der Waals surface area contributed by atoms with Gasteiger partial charge < -0.3 is 10.2 Å². The highest BCUT2D eigenvalue weighted by Crippen LogP contribution is 2.20. The van der Waals surface area contributed by atoms with Crippen LogP contribution in [0.15, 0.2) is 24.3 Å². The fourth-order valence-electron chi connectivity index (χ4n) is 1.55. The number of hydrogen-bond donors (Lipinski definition) is 1. The van der Waals surface area contributed by atoms with Crippen LogP contribution in [0.4, 0.5) is 10.8 Å². The molecular formula is C13H13N5OS. The number of nitrogens with one attached hydrogen (secondary N) is 1. The summed E-state index contributed by atoms with van der Waals surface area (Å²) in [6.45, 7) is 2.68. The number of carbonyl (C=O) groups is 1. The molecule has 2 aromatic rings. The van der Waals surface area contributed by atoms with Crippen molar-refractivity contribution in [1.82, 2.24) is 10.2 Å². The maximum Gasteiger partial charge on any atom is 0.289 e. The topological polar surface area (TPSA) is 81.9 Å². The molecule has 0 atom stereocenters. The molecule has 102 valence electrons. The Hall–Kier alpha value is -2.46. The van der Waals surface area contributed by atoms with E-state index in [1.165, 1.54) is 16.2 Å². The maximum absolute atomic E-state index is 12.3. The van der Waals surface area contributed by atoms with Crippen molar-refractivity contribution in [2.24, 2.45) is 0 Å². The van der Waals surface area contributed by atoms with Crippen molar-refractivity contribution in [1.29, 1.82) is 5.26 Å². The minimum Gasteiger partial charge on any atom is -0.360 e. The van der Waals surface area contributed by atoms with Crippen LogP contribution in [0.1, 0.15) is 22.3 Å². The molecule has 0 aliphatic rings. The van der Waals surface area contributed by atoms with Crippen molar-refractivity contribution in [3.63, 3.8) is 0 Å². The fourth-order valence-corrected chi connectivity index (χ4v) is 2.34. The molecule has 1 N–H and O–H groups in total. The molecule has 1 heterocycles. The highest BCUT2D eigenvalue weighted by Gasteiger charge is 2.18. The molecule has 0 aliphatic heterocycles. The van der Waals surface area contributed by atoms with Gasteiger partial charge in [0.15, 0.2) is 0 Å². The molecule has 1 aromatic carbocycles. The zero-order valence-corrected chi connectivity index (χ0v) is 11.9. The molecule has 2 rings (SSSR count). The summed E-state index contributed by atoms with van der Waals surface area (Å²) in [4.78, 5) is 13.7. The summed E-state index contributed by atoms with van der Waals surface area (Å²) in [6.07, 6.45) is 0. The van der Waals surface area contributed by atoms with E-state index in [1.807, 2.05) is 13.0 Å². The Bertz CT molecular complexity index is 644. The number of anilines is 2. The number of carbonyl (C=O) groups excluding carboxylic acids is 1. The Balaban J connectivity index is 2.16. The molecule has 20 heavy (non-hydrogen) atoms. The molecule has 0 bridgehead atoms. The van der Waals surface area contributed by atoms with Gasteiger partial charge in [0.2, 0.25) is 10.1 Å². The highest BCUT2D eigenvalue weighted by atomic mass is 32.1. The van der Waals surface area contributed by atoms with Crippen molar-refractivity contribution < 1.29 is 4.79 Å². The van der Waals surface area contributed by atoms with Gasteiger partial charge in [-0.3, -0.25) is 4.79 Å². The van der Waals surface area contributed by atoms with Gasteiger partial charge in [-0.25, -0.2) is 0 Å². The zero-order chi connectivity index (χ0) is 14.5. The molecule has 6 nitrogen and oxygen atoms in total. The molecule has 0 saturated heterocycles. The largest absolute Gasteiger partial charge is 0.360 e. The Morgan fingerprint density at radius 1 is 1.40 bits per heavy atom. The second kappa shape index (κ2) is 6.12. The van der Waals surface area contributed by atoms with E-state index in [2.05, 4.69) is 15.5 Å². The van der Waals surface area contributed by atoms with Crippen LogP contribution in [-0.2, 0) is 0 Å². The molecule has 0 fully saturated rings. The van der Waals surface area contributed by atoms with Crippen LogP contribution >= 0.6 is 11.3 Å². The van der Waals surface area contributed by atoms with E-state index in [0.29, 0.717) is 21.4 Å². The lowest BCUT2D eigenvalue weighted by Gasteiger charge is -2.15. The van der Waals surface area contributed by atoms with Gasteiger partial charge in [-0.05, 0) is 31.2 Å². The third-order valence-corrected chi connectivity index (χ3v) is 3.49. The van der Waals surface area contributed by atoms with E-state index in [-0.39, 0.29) is 5.91 Å². The van der Waals surface area contributed by atoms with Crippen molar-refractivity contribution >= 4 is 28.1 Å².